The Morgan fingerprint density at radius 3 is 2.61 bits per heavy atom. The van der Waals surface area contributed by atoms with E-state index in [2.05, 4.69) is 10.1 Å². The normalized spacial score (nSPS) is 11.8. The van der Waals surface area contributed by atoms with Crippen LogP contribution in [0.5, 0.6) is 0 Å². The minimum absolute atomic E-state index is 0.184. The van der Waals surface area contributed by atoms with Crippen LogP contribution in [0.25, 0.3) is 5.82 Å². The summed E-state index contributed by atoms with van der Waals surface area (Å²) in [5, 5.41) is 3.68. The standard InChI is InChI=1S/C11H11F3N4/c1-7-2-3-8(4-15)10(17-7)18-6-9(5-16-18)11(12,13)14/h2-3,5-6H,4,15H2,1H3. The van der Waals surface area contributed by atoms with Crippen LogP contribution in [0.4, 0.5) is 13.2 Å². The predicted molar refractivity (Wildman–Crippen MR) is 59.0 cm³/mol. The highest BCUT2D eigenvalue weighted by Crippen LogP contribution is 2.29. The number of hydrogen-bond donors (Lipinski definition) is 1. The second kappa shape index (κ2) is 4.41. The molecule has 0 unspecified atom stereocenters. The lowest BCUT2D eigenvalue weighted by atomic mass is 10.2. The minimum atomic E-state index is -4.41. The molecule has 4 nitrogen and oxygen atoms in total. The van der Waals surface area contributed by atoms with Crippen molar-refractivity contribution in [1.29, 1.82) is 0 Å². The predicted octanol–water partition coefficient (Wildman–Crippen LogP) is 2.05. The summed E-state index contributed by atoms with van der Waals surface area (Å²) in [7, 11) is 0. The first-order valence-corrected chi connectivity index (χ1v) is 5.20. The third-order valence-corrected chi connectivity index (χ3v) is 2.44. The molecule has 0 atom stereocenters. The summed E-state index contributed by atoms with van der Waals surface area (Å²) in [6, 6.07) is 3.48. The highest BCUT2D eigenvalue weighted by Gasteiger charge is 2.32. The maximum atomic E-state index is 12.5. The fraction of sp³-hybridized carbons (Fsp3) is 0.273. The lowest BCUT2D eigenvalue weighted by Gasteiger charge is -2.07. The number of rotatable bonds is 2. The van der Waals surface area contributed by atoms with Crippen molar-refractivity contribution in [2.24, 2.45) is 5.73 Å². The van der Waals surface area contributed by atoms with Crippen LogP contribution in [0.1, 0.15) is 16.8 Å². The summed E-state index contributed by atoms with van der Waals surface area (Å²) in [5.74, 6) is 0.327. The molecule has 0 saturated carbocycles. The second-order valence-corrected chi connectivity index (χ2v) is 3.81. The van der Waals surface area contributed by atoms with E-state index < -0.39 is 11.7 Å². The molecule has 2 aromatic rings. The average molecular weight is 256 g/mol. The van der Waals surface area contributed by atoms with Crippen LogP contribution in [0.2, 0.25) is 0 Å². The number of aryl methyl sites for hydroxylation is 1. The first-order chi connectivity index (χ1) is 8.41. The topological polar surface area (TPSA) is 56.7 Å². The molecular formula is C11H11F3N4. The molecular weight excluding hydrogens is 245 g/mol. The largest absolute Gasteiger partial charge is 0.419 e. The lowest BCUT2D eigenvalue weighted by Crippen LogP contribution is -2.08. The van der Waals surface area contributed by atoms with Crippen LogP contribution in [-0.4, -0.2) is 14.8 Å². The molecule has 0 bridgehead atoms. The number of aromatic nitrogens is 3. The Labute approximate surface area is 101 Å². The number of halogens is 3. The van der Waals surface area contributed by atoms with Crippen LogP contribution in [0.15, 0.2) is 24.5 Å². The summed E-state index contributed by atoms with van der Waals surface area (Å²) < 4.78 is 38.5. The molecule has 0 spiro atoms. The maximum Gasteiger partial charge on any atom is 0.419 e. The van der Waals surface area contributed by atoms with Crippen molar-refractivity contribution in [2.75, 3.05) is 0 Å². The van der Waals surface area contributed by atoms with Gasteiger partial charge in [0.1, 0.15) is 0 Å². The van der Waals surface area contributed by atoms with Crippen molar-refractivity contribution in [1.82, 2.24) is 14.8 Å². The molecule has 2 heterocycles. The van der Waals surface area contributed by atoms with E-state index in [9.17, 15) is 13.2 Å². The van der Waals surface area contributed by atoms with Gasteiger partial charge in [-0.25, -0.2) is 9.67 Å². The molecule has 2 rings (SSSR count). The van der Waals surface area contributed by atoms with Gasteiger partial charge in [0, 0.05) is 24.0 Å². The van der Waals surface area contributed by atoms with Crippen molar-refractivity contribution in [3.63, 3.8) is 0 Å². The number of alkyl halides is 3. The minimum Gasteiger partial charge on any atom is -0.326 e. The highest BCUT2D eigenvalue weighted by molar-refractivity contribution is 5.35. The van der Waals surface area contributed by atoms with Crippen LogP contribution in [0.3, 0.4) is 0 Å². The van der Waals surface area contributed by atoms with Gasteiger partial charge in [-0.2, -0.15) is 18.3 Å². The summed E-state index contributed by atoms with van der Waals surface area (Å²) in [5.41, 5.74) is 6.04. The molecule has 18 heavy (non-hydrogen) atoms. The summed E-state index contributed by atoms with van der Waals surface area (Å²) >= 11 is 0. The molecule has 0 aromatic carbocycles. The van der Waals surface area contributed by atoms with E-state index in [1.54, 1.807) is 19.1 Å². The molecule has 0 fully saturated rings. The van der Waals surface area contributed by atoms with Gasteiger partial charge in [-0.15, -0.1) is 0 Å². The number of pyridine rings is 1. The van der Waals surface area contributed by atoms with Crippen molar-refractivity contribution in [3.8, 4) is 5.82 Å². The zero-order chi connectivity index (χ0) is 13.3. The Morgan fingerprint density at radius 2 is 2.06 bits per heavy atom. The second-order valence-electron chi connectivity index (χ2n) is 3.81. The van der Waals surface area contributed by atoms with Crippen molar-refractivity contribution < 1.29 is 13.2 Å². The molecule has 2 aromatic heterocycles. The number of nitrogens with two attached hydrogens (primary N) is 1. The molecule has 0 radical (unpaired) electrons. The van der Waals surface area contributed by atoms with E-state index in [1.807, 2.05) is 0 Å². The number of nitrogens with zero attached hydrogens (tertiary/aromatic N) is 3. The zero-order valence-corrected chi connectivity index (χ0v) is 9.57. The molecule has 7 heteroatoms. The summed E-state index contributed by atoms with van der Waals surface area (Å²) in [6.07, 6.45) is -2.74. The first kappa shape index (κ1) is 12.6. The van der Waals surface area contributed by atoms with E-state index >= 15 is 0 Å². The molecule has 96 valence electrons. The van der Waals surface area contributed by atoms with Crippen molar-refractivity contribution >= 4 is 0 Å². The van der Waals surface area contributed by atoms with Gasteiger partial charge in [0.15, 0.2) is 5.82 Å². The fourth-order valence-corrected chi connectivity index (χ4v) is 1.51. The van der Waals surface area contributed by atoms with Crippen molar-refractivity contribution in [2.45, 2.75) is 19.6 Å². The Bertz CT molecular complexity index is 560. The Hall–Kier alpha value is -1.89. The fourth-order valence-electron chi connectivity index (χ4n) is 1.51. The number of hydrogen-bond acceptors (Lipinski definition) is 3. The molecule has 0 aliphatic carbocycles. The van der Waals surface area contributed by atoms with Crippen LogP contribution >= 0.6 is 0 Å². The first-order valence-electron chi connectivity index (χ1n) is 5.20. The molecule has 0 aliphatic heterocycles. The van der Waals surface area contributed by atoms with Crippen LogP contribution < -0.4 is 5.73 Å². The zero-order valence-electron chi connectivity index (χ0n) is 9.57. The van der Waals surface area contributed by atoms with E-state index in [0.717, 1.165) is 17.1 Å². The maximum absolute atomic E-state index is 12.5. The average Bonchev–Trinajstić information content (AvgIpc) is 2.77. The third-order valence-electron chi connectivity index (χ3n) is 2.44. The molecule has 2 N–H and O–H groups in total. The lowest BCUT2D eigenvalue weighted by molar-refractivity contribution is -0.137. The van der Waals surface area contributed by atoms with Crippen LogP contribution in [0, 0.1) is 6.92 Å². The van der Waals surface area contributed by atoms with Crippen molar-refractivity contribution in [3.05, 3.63) is 41.3 Å². The highest BCUT2D eigenvalue weighted by atomic mass is 19.4. The van der Waals surface area contributed by atoms with Crippen LogP contribution in [-0.2, 0) is 12.7 Å². The molecule has 0 saturated heterocycles. The van der Waals surface area contributed by atoms with Gasteiger partial charge in [-0.1, -0.05) is 6.07 Å². The van der Waals surface area contributed by atoms with E-state index in [-0.39, 0.29) is 6.54 Å². The Morgan fingerprint density at radius 1 is 1.33 bits per heavy atom. The molecule has 0 amide bonds. The monoisotopic (exact) mass is 256 g/mol. The van der Waals surface area contributed by atoms with Gasteiger partial charge in [-0.05, 0) is 13.0 Å². The van der Waals surface area contributed by atoms with E-state index in [4.69, 9.17) is 5.73 Å². The summed E-state index contributed by atoms with van der Waals surface area (Å²) in [4.78, 5) is 4.16. The van der Waals surface area contributed by atoms with E-state index in [1.165, 1.54) is 0 Å². The third kappa shape index (κ3) is 2.35. The van der Waals surface area contributed by atoms with Gasteiger partial charge < -0.3 is 5.73 Å². The SMILES string of the molecule is Cc1ccc(CN)c(-n2cc(C(F)(F)F)cn2)n1. The van der Waals surface area contributed by atoms with E-state index in [0.29, 0.717) is 17.1 Å². The Balaban J connectivity index is 2.49. The van der Waals surface area contributed by atoms with Gasteiger partial charge >= 0.3 is 6.18 Å². The summed E-state index contributed by atoms with van der Waals surface area (Å²) in [6.45, 7) is 1.93. The van der Waals surface area contributed by atoms with Gasteiger partial charge in [0.2, 0.25) is 0 Å². The van der Waals surface area contributed by atoms with Gasteiger partial charge in [0.05, 0.1) is 11.8 Å². The quantitative estimate of drug-likeness (QED) is 0.894. The molecule has 0 aliphatic rings. The van der Waals surface area contributed by atoms with Gasteiger partial charge in [-0.3, -0.25) is 0 Å². The Kier molecular flexibility index (Phi) is 3.08. The smallest absolute Gasteiger partial charge is 0.326 e. The van der Waals surface area contributed by atoms with Gasteiger partial charge in [0.25, 0.3) is 0 Å².